The number of aliphatic imine (C=N–C) groups is 2. The Bertz CT molecular complexity index is 1070. The van der Waals surface area contributed by atoms with E-state index in [9.17, 15) is 24.3 Å². The number of carboxylic acid groups (broad SMARTS) is 1. The summed E-state index contributed by atoms with van der Waals surface area (Å²) in [4.78, 5) is 59.2. The highest BCUT2D eigenvalue weighted by atomic mass is 16.4. The van der Waals surface area contributed by atoms with Gasteiger partial charge in [-0.2, -0.15) is 0 Å². The molecule has 1 aliphatic heterocycles. The molecule has 41 heavy (non-hydrogen) atoms. The smallest absolute Gasteiger partial charge is 0.326 e. The zero-order valence-electron chi connectivity index (χ0n) is 23.1. The first-order valence-corrected chi connectivity index (χ1v) is 13.6. The highest BCUT2D eigenvalue weighted by Crippen LogP contribution is 2.09. The van der Waals surface area contributed by atoms with Crippen LogP contribution in [0.4, 0.5) is 0 Å². The maximum absolute atomic E-state index is 13.5. The van der Waals surface area contributed by atoms with Gasteiger partial charge in [0.2, 0.25) is 17.7 Å². The molecule has 0 radical (unpaired) electrons. The molecule has 1 heterocycles. The average Bonchev–Trinajstić information content (AvgIpc) is 3.47. The molecule has 15 nitrogen and oxygen atoms in total. The number of nitrogens with one attached hydrogen (secondary N) is 4. The second kappa shape index (κ2) is 17.3. The molecule has 0 aliphatic carbocycles. The maximum Gasteiger partial charge on any atom is 0.326 e. The van der Waals surface area contributed by atoms with Gasteiger partial charge in [0.25, 0.3) is 0 Å². The van der Waals surface area contributed by atoms with Crippen molar-refractivity contribution in [2.24, 2.45) is 32.9 Å². The van der Waals surface area contributed by atoms with Crippen LogP contribution < -0.4 is 44.2 Å². The number of hydrogen-bond acceptors (Lipinski definition) is 7. The van der Waals surface area contributed by atoms with Gasteiger partial charge in [-0.1, -0.05) is 30.3 Å². The van der Waals surface area contributed by atoms with Gasteiger partial charge in [-0.3, -0.25) is 24.4 Å². The summed E-state index contributed by atoms with van der Waals surface area (Å²) in [7, 11) is 0. The van der Waals surface area contributed by atoms with Crippen LogP contribution in [0, 0.1) is 0 Å². The molecule has 2 rings (SSSR count). The lowest BCUT2D eigenvalue weighted by Gasteiger charge is -2.25. The van der Waals surface area contributed by atoms with E-state index in [-0.39, 0.29) is 50.2 Å². The van der Waals surface area contributed by atoms with Crippen LogP contribution in [0.15, 0.2) is 40.3 Å². The lowest BCUT2D eigenvalue weighted by atomic mass is 10.0. The van der Waals surface area contributed by atoms with Gasteiger partial charge < -0.3 is 49.3 Å². The zero-order chi connectivity index (χ0) is 30.2. The number of carboxylic acids is 1. The lowest BCUT2D eigenvalue weighted by Crippen LogP contribution is -2.57. The van der Waals surface area contributed by atoms with Gasteiger partial charge in [0.05, 0.1) is 6.04 Å². The number of benzene rings is 1. The Morgan fingerprint density at radius 3 is 1.95 bits per heavy atom. The Kier molecular flexibility index (Phi) is 13.9. The summed E-state index contributed by atoms with van der Waals surface area (Å²) in [5.74, 6) is -3.02. The molecule has 15 heteroatoms. The van der Waals surface area contributed by atoms with Crippen molar-refractivity contribution in [1.82, 2.24) is 21.3 Å². The number of carbonyl (C=O) groups excluding carboxylic acids is 3. The Morgan fingerprint density at radius 2 is 1.41 bits per heavy atom. The number of aliphatic carboxylic acids is 1. The predicted octanol–water partition coefficient (Wildman–Crippen LogP) is -2.37. The van der Waals surface area contributed by atoms with Crippen LogP contribution in [-0.4, -0.2) is 84.5 Å². The van der Waals surface area contributed by atoms with E-state index in [1.807, 2.05) is 6.07 Å². The number of nitrogens with two attached hydrogens (primary N) is 4. The van der Waals surface area contributed by atoms with Crippen molar-refractivity contribution in [3.8, 4) is 0 Å². The number of rotatable bonds is 17. The summed E-state index contributed by atoms with van der Waals surface area (Å²) < 4.78 is 0. The minimum atomic E-state index is -1.23. The second-order valence-corrected chi connectivity index (χ2v) is 9.76. The molecule has 1 saturated heterocycles. The first-order valence-electron chi connectivity index (χ1n) is 13.6. The van der Waals surface area contributed by atoms with Crippen LogP contribution in [0.1, 0.15) is 44.1 Å². The summed E-state index contributed by atoms with van der Waals surface area (Å²) in [5, 5.41) is 20.8. The molecule has 1 aliphatic rings. The molecule has 226 valence electrons. The van der Waals surface area contributed by atoms with Gasteiger partial charge in [-0.15, -0.1) is 0 Å². The van der Waals surface area contributed by atoms with E-state index in [2.05, 4.69) is 31.3 Å². The first kappa shape index (κ1) is 32.8. The van der Waals surface area contributed by atoms with Crippen molar-refractivity contribution in [3.63, 3.8) is 0 Å². The molecule has 0 aromatic heterocycles. The van der Waals surface area contributed by atoms with Crippen molar-refractivity contribution in [2.75, 3.05) is 19.6 Å². The van der Waals surface area contributed by atoms with Crippen LogP contribution in [-0.2, 0) is 25.6 Å². The van der Waals surface area contributed by atoms with Gasteiger partial charge in [0, 0.05) is 19.5 Å². The molecule has 4 atom stereocenters. The Balaban J connectivity index is 2.18. The molecule has 0 saturated carbocycles. The van der Waals surface area contributed by atoms with Gasteiger partial charge in [-0.25, -0.2) is 4.79 Å². The average molecular weight is 575 g/mol. The van der Waals surface area contributed by atoms with Gasteiger partial charge in [0.1, 0.15) is 18.1 Å². The summed E-state index contributed by atoms with van der Waals surface area (Å²) >= 11 is 0. The third kappa shape index (κ3) is 12.5. The summed E-state index contributed by atoms with van der Waals surface area (Å²) in [6, 6.07) is 5.23. The minimum absolute atomic E-state index is 0.0711. The maximum atomic E-state index is 13.5. The summed E-state index contributed by atoms with van der Waals surface area (Å²) in [6.45, 7) is 1.15. The van der Waals surface area contributed by atoms with Crippen LogP contribution >= 0.6 is 0 Å². The summed E-state index contributed by atoms with van der Waals surface area (Å²) in [5.41, 5.74) is 22.1. The fourth-order valence-corrected chi connectivity index (χ4v) is 4.32. The normalized spacial score (nSPS) is 16.4. The van der Waals surface area contributed by atoms with E-state index < -0.39 is 42.0 Å². The van der Waals surface area contributed by atoms with E-state index in [1.165, 1.54) is 0 Å². The fourth-order valence-electron chi connectivity index (χ4n) is 4.32. The zero-order valence-corrected chi connectivity index (χ0v) is 23.1. The fraction of sp³-hybridized carbons (Fsp3) is 0.538. The van der Waals surface area contributed by atoms with E-state index in [4.69, 9.17) is 22.9 Å². The van der Waals surface area contributed by atoms with Crippen molar-refractivity contribution >= 4 is 35.6 Å². The van der Waals surface area contributed by atoms with E-state index in [0.717, 1.165) is 12.0 Å². The van der Waals surface area contributed by atoms with Crippen LogP contribution in [0.5, 0.6) is 0 Å². The molecule has 1 aromatic carbocycles. The molecule has 1 aromatic rings. The number of amides is 3. The number of hydrogen-bond donors (Lipinski definition) is 9. The largest absolute Gasteiger partial charge is 0.480 e. The highest BCUT2D eigenvalue weighted by Gasteiger charge is 2.31. The summed E-state index contributed by atoms with van der Waals surface area (Å²) in [6.07, 6.45) is 2.57. The molecule has 4 unspecified atom stereocenters. The van der Waals surface area contributed by atoms with Crippen molar-refractivity contribution in [1.29, 1.82) is 0 Å². The van der Waals surface area contributed by atoms with Crippen molar-refractivity contribution < 1.29 is 24.3 Å². The van der Waals surface area contributed by atoms with E-state index >= 15 is 0 Å². The molecule has 0 spiro atoms. The molecular weight excluding hydrogens is 532 g/mol. The standard InChI is InChI=1S/C26H42N10O5/c27-25(28)32-13-5-10-18(34-21(37)17-9-4-12-31-17)22(38)36-20(15-16-7-2-1-3-8-16)23(39)35-19(24(40)41)11-6-14-33-26(29)30/h1-3,7-8,17-20,31H,4-6,9-15H2,(H,34,37)(H,35,39)(H,36,38)(H,40,41)(H4,27,28,32)(H4,29,30,33). The highest BCUT2D eigenvalue weighted by molar-refractivity contribution is 5.94. The van der Waals surface area contributed by atoms with Crippen molar-refractivity contribution in [3.05, 3.63) is 35.9 Å². The van der Waals surface area contributed by atoms with Crippen LogP contribution in [0.3, 0.4) is 0 Å². The van der Waals surface area contributed by atoms with Crippen LogP contribution in [0.25, 0.3) is 0 Å². The molecule has 1 fully saturated rings. The Labute approximate surface area is 239 Å². The molecule has 13 N–H and O–H groups in total. The van der Waals surface area contributed by atoms with Crippen molar-refractivity contribution in [2.45, 2.75) is 69.1 Å². The van der Waals surface area contributed by atoms with Gasteiger partial charge >= 0.3 is 5.97 Å². The van der Waals surface area contributed by atoms with E-state index in [1.54, 1.807) is 24.3 Å². The topological polar surface area (TPSA) is 265 Å². The third-order valence-electron chi connectivity index (χ3n) is 6.43. The monoisotopic (exact) mass is 574 g/mol. The third-order valence-corrected chi connectivity index (χ3v) is 6.43. The van der Waals surface area contributed by atoms with Crippen LogP contribution in [0.2, 0.25) is 0 Å². The predicted molar refractivity (Wildman–Crippen MR) is 154 cm³/mol. The number of guanidine groups is 2. The quantitative estimate of drug-likeness (QED) is 0.0542. The Hall–Kier alpha value is -4.40. The number of carbonyl (C=O) groups is 4. The minimum Gasteiger partial charge on any atom is -0.480 e. The van der Waals surface area contributed by atoms with E-state index in [0.29, 0.717) is 25.8 Å². The second-order valence-electron chi connectivity index (χ2n) is 9.76. The SMILES string of the molecule is NC(N)=NCCCC(NC(=O)C(Cc1ccccc1)NC(=O)C(CCCN=C(N)N)NC(=O)C1CCCN1)C(=O)O. The Morgan fingerprint density at radius 1 is 0.854 bits per heavy atom. The molecular formula is C26H42N10O5. The lowest BCUT2D eigenvalue weighted by molar-refractivity contribution is -0.142. The van der Waals surface area contributed by atoms with Gasteiger partial charge in [0.15, 0.2) is 11.9 Å². The number of nitrogens with zero attached hydrogens (tertiary/aromatic N) is 2. The molecule has 3 amide bonds. The first-order chi connectivity index (χ1) is 19.6. The molecule has 0 bridgehead atoms. The van der Waals surface area contributed by atoms with Gasteiger partial charge in [-0.05, 0) is 50.6 Å².